The Bertz CT molecular complexity index is 1330. The SMILES string of the molecule is O=C1C[C@@H](c2cccc(F)c2)C(C(=O)Nc2cccc(Cl)c2)[C@@H](c2cc(Cl)ccc2OC2CCSCC2)N1. The van der Waals surface area contributed by atoms with Gasteiger partial charge in [0.25, 0.3) is 0 Å². The van der Waals surface area contributed by atoms with Gasteiger partial charge < -0.3 is 15.4 Å². The summed E-state index contributed by atoms with van der Waals surface area (Å²) >= 11 is 14.5. The molecule has 0 bridgehead atoms. The zero-order valence-corrected chi connectivity index (χ0v) is 22.8. The number of nitrogens with one attached hydrogen (secondary N) is 2. The molecule has 2 heterocycles. The number of rotatable bonds is 6. The number of amides is 2. The molecule has 2 aliphatic heterocycles. The number of carbonyl (C=O) groups excluding carboxylic acids is 2. The Morgan fingerprint density at radius 1 is 1.00 bits per heavy atom. The average molecular weight is 574 g/mol. The van der Waals surface area contributed by atoms with Gasteiger partial charge in [0.1, 0.15) is 17.7 Å². The Labute approximate surface area is 235 Å². The number of thioether (sulfide) groups is 1. The molecule has 3 atom stereocenters. The van der Waals surface area contributed by atoms with Crippen LogP contribution in [0.15, 0.2) is 66.7 Å². The molecule has 0 aromatic heterocycles. The monoisotopic (exact) mass is 572 g/mol. The lowest BCUT2D eigenvalue weighted by atomic mass is 9.73. The minimum absolute atomic E-state index is 0.0319. The Hall–Kier alpha value is -2.74. The summed E-state index contributed by atoms with van der Waals surface area (Å²) in [7, 11) is 0. The maximum atomic E-state index is 14.3. The van der Waals surface area contributed by atoms with Crippen molar-refractivity contribution >= 4 is 52.5 Å². The van der Waals surface area contributed by atoms with E-state index >= 15 is 0 Å². The molecule has 5 rings (SSSR count). The molecular formula is C29H27Cl2FN2O3S. The summed E-state index contributed by atoms with van der Waals surface area (Å²) in [5, 5.41) is 6.91. The van der Waals surface area contributed by atoms with Gasteiger partial charge in [0.15, 0.2) is 0 Å². The largest absolute Gasteiger partial charge is 0.490 e. The van der Waals surface area contributed by atoms with Gasteiger partial charge in [-0.3, -0.25) is 9.59 Å². The second kappa shape index (κ2) is 12.0. The predicted octanol–water partition coefficient (Wildman–Crippen LogP) is 7.01. The van der Waals surface area contributed by atoms with Crippen molar-refractivity contribution in [2.24, 2.45) is 5.92 Å². The van der Waals surface area contributed by atoms with E-state index in [4.69, 9.17) is 27.9 Å². The second-order valence-electron chi connectivity index (χ2n) is 9.55. The summed E-state index contributed by atoms with van der Waals surface area (Å²) in [4.78, 5) is 27.0. The van der Waals surface area contributed by atoms with E-state index in [1.807, 2.05) is 11.8 Å². The second-order valence-corrected chi connectivity index (χ2v) is 11.6. The van der Waals surface area contributed by atoms with Crippen LogP contribution in [-0.2, 0) is 9.59 Å². The van der Waals surface area contributed by atoms with Crippen molar-refractivity contribution in [3.05, 3.63) is 93.7 Å². The molecule has 2 amide bonds. The van der Waals surface area contributed by atoms with Gasteiger partial charge in [0.2, 0.25) is 11.8 Å². The molecule has 0 spiro atoms. The van der Waals surface area contributed by atoms with Gasteiger partial charge in [-0.2, -0.15) is 11.8 Å². The topological polar surface area (TPSA) is 67.4 Å². The van der Waals surface area contributed by atoms with E-state index in [1.54, 1.807) is 54.6 Å². The first-order chi connectivity index (χ1) is 18.4. The van der Waals surface area contributed by atoms with Crippen LogP contribution in [0.3, 0.4) is 0 Å². The fourth-order valence-corrected chi connectivity index (χ4v) is 6.62. The van der Waals surface area contributed by atoms with Crippen LogP contribution in [-0.4, -0.2) is 29.4 Å². The number of hydrogen-bond acceptors (Lipinski definition) is 4. The van der Waals surface area contributed by atoms with Crippen LogP contribution in [0.1, 0.15) is 42.3 Å². The summed E-state index contributed by atoms with van der Waals surface area (Å²) in [6.07, 6.45) is 1.89. The molecule has 3 aromatic rings. The summed E-state index contributed by atoms with van der Waals surface area (Å²) in [5.41, 5.74) is 1.72. The maximum Gasteiger partial charge on any atom is 0.230 e. The van der Waals surface area contributed by atoms with Gasteiger partial charge in [-0.05, 0) is 78.4 Å². The molecule has 2 N–H and O–H groups in total. The number of hydrogen-bond donors (Lipinski definition) is 2. The molecule has 2 fully saturated rings. The number of halogens is 3. The Morgan fingerprint density at radius 2 is 1.76 bits per heavy atom. The van der Waals surface area contributed by atoms with E-state index in [2.05, 4.69) is 10.6 Å². The van der Waals surface area contributed by atoms with Crippen LogP contribution >= 0.6 is 35.0 Å². The van der Waals surface area contributed by atoms with Crippen molar-refractivity contribution < 1.29 is 18.7 Å². The standard InChI is InChI=1S/C29H27Cl2FN2O3S/c30-18-4-2-6-21(14-18)33-29(36)27-23(17-3-1-5-20(32)13-17)16-26(35)34-28(27)24-15-19(31)7-8-25(24)37-22-9-11-38-12-10-22/h1-8,13-15,22-23,27-28H,9-12,16H2,(H,33,36)(H,34,35)/t23-,27?,28+/m0/s1. The molecule has 5 nitrogen and oxygen atoms in total. The van der Waals surface area contributed by atoms with Crippen molar-refractivity contribution in [1.29, 1.82) is 0 Å². The molecule has 9 heteroatoms. The van der Waals surface area contributed by atoms with Crippen molar-refractivity contribution in [2.75, 3.05) is 16.8 Å². The highest BCUT2D eigenvalue weighted by molar-refractivity contribution is 7.99. The minimum Gasteiger partial charge on any atom is -0.490 e. The van der Waals surface area contributed by atoms with Crippen LogP contribution in [0.5, 0.6) is 5.75 Å². The van der Waals surface area contributed by atoms with E-state index in [9.17, 15) is 14.0 Å². The van der Waals surface area contributed by atoms with Gasteiger partial charge in [0.05, 0.1) is 12.0 Å². The average Bonchev–Trinajstić information content (AvgIpc) is 2.90. The van der Waals surface area contributed by atoms with E-state index < -0.39 is 23.7 Å². The van der Waals surface area contributed by atoms with Crippen LogP contribution in [0.4, 0.5) is 10.1 Å². The molecule has 3 aromatic carbocycles. The van der Waals surface area contributed by atoms with Crippen LogP contribution in [0.25, 0.3) is 0 Å². The van der Waals surface area contributed by atoms with E-state index in [0.717, 1.165) is 24.3 Å². The number of piperidine rings is 1. The summed E-state index contributed by atoms with van der Waals surface area (Å²) < 4.78 is 20.7. The molecule has 0 aliphatic carbocycles. The zero-order chi connectivity index (χ0) is 26.6. The summed E-state index contributed by atoms with van der Waals surface area (Å²) in [5.74, 6) is 0.249. The van der Waals surface area contributed by atoms with E-state index in [0.29, 0.717) is 32.6 Å². The highest BCUT2D eigenvalue weighted by Gasteiger charge is 2.44. The lowest BCUT2D eigenvalue weighted by molar-refractivity contribution is -0.129. The molecule has 38 heavy (non-hydrogen) atoms. The first-order valence-electron chi connectivity index (χ1n) is 12.5. The van der Waals surface area contributed by atoms with Gasteiger partial charge in [-0.15, -0.1) is 0 Å². The van der Waals surface area contributed by atoms with Gasteiger partial charge >= 0.3 is 0 Å². The quantitative estimate of drug-likeness (QED) is 0.333. The van der Waals surface area contributed by atoms with Gasteiger partial charge in [-0.25, -0.2) is 4.39 Å². The van der Waals surface area contributed by atoms with Crippen LogP contribution in [0, 0.1) is 11.7 Å². The lowest BCUT2D eigenvalue weighted by Crippen LogP contribution is -2.47. The molecule has 0 radical (unpaired) electrons. The number of carbonyl (C=O) groups is 2. The molecule has 2 saturated heterocycles. The Kier molecular flexibility index (Phi) is 8.46. The molecule has 198 valence electrons. The third kappa shape index (κ3) is 6.28. The third-order valence-electron chi connectivity index (χ3n) is 6.95. The molecule has 1 unspecified atom stereocenters. The van der Waals surface area contributed by atoms with Crippen molar-refractivity contribution in [2.45, 2.75) is 37.3 Å². The normalized spacial score (nSPS) is 22.0. The number of benzene rings is 3. The fraction of sp³-hybridized carbons (Fsp3) is 0.310. The van der Waals surface area contributed by atoms with Gasteiger partial charge in [-0.1, -0.05) is 41.4 Å². The fourth-order valence-electron chi connectivity index (χ4n) is 5.18. The molecular weight excluding hydrogens is 546 g/mol. The third-order valence-corrected chi connectivity index (χ3v) is 8.47. The maximum absolute atomic E-state index is 14.3. The van der Waals surface area contributed by atoms with E-state index in [-0.39, 0.29) is 24.3 Å². The molecule has 2 aliphatic rings. The van der Waals surface area contributed by atoms with E-state index in [1.165, 1.54) is 12.1 Å². The lowest BCUT2D eigenvalue weighted by Gasteiger charge is -2.39. The number of ether oxygens (including phenoxy) is 1. The Balaban J connectivity index is 1.57. The first kappa shape index (κ1) is 26.9. The van der Waals surface area contributed by atoms with Crippen LogP contribution < -0.4 is 15.4 Å². The predicted molar refractivity (Wildman–Crippen MR) is 151 cm³/mol. The summed E-state index contributed by atoms with van der Waals surface area (Å²) in [6.45, 7) is 0. The Morgan fingerprint density at radius 3 is 2.53 bits per heavy atom. The van der Waals surface area contributed by atoms with Crippen molar-refractivity contribution in [3.63, 3.8) is 0 Å². The smallest absolute Gasteiger partial charge is 0.230 e. The zero-order valence-electron chi connectivity index (χ0n) is 20.5. The highest BCUT2D eigenvalue weighted by Crippen LogP contribution is 2.44. The van der Waals surface area contributed by atoms with Crippen LogP contribution in [0.2, 0.25) is 10.0 Å². The highest BCUT2D eigenvalue weighted by atomic mass is 35.5. The number of anilines is 1. The van der Waals surface area contributed by atoms with Gasteiger partial charge in [0, 0.05) is 33.6 Å². The first-order valence-corrected chi connectivity index (χ1v) is 14.4. The van der Waals surface area contributed by atoms with Crippen molar-refractivity contribution in [1.82, 2.24) is 5.32 Å². The summed E-state index contributed by atoms with van der Waals surface area (Å²) in [6, 6.07) is 17.5. The molecule has 0 saturated carbocycles. The van der Waals surface area contributed by atoms with Crippen molar-refractivity contribution in [3.8, 4) is 5.75 Å². The minimum atomic E-state index is -0.781.